The first-order valence-corrected chi connectivity index (χ1v) is 6.59. The van der Waals surface area contributed by atoms with Gasteiger partial charge in [-0.1, -0.05) is 6.07 Å². The summed E-state index contributed by atoms with van der Waals surface area (Å²) in [4.78, 5) is 16.2. The molecular weight excluding hydrogens is 244 g/mol. The van der Waals surface area contributed by atoms with Crippen LogP contribution in [-0.4, -0.2) is 30.7 Å². The van der Waals surface area contributed by atoms with Crippen LogP contribution < -0.4 is 10.1 Å². The topological polar surface area (TPSA) is 60.5 Å². The highest BCUT2D eigenvalue weighted by molar-refractivity contribution is 5.79. The van der Waals surface area contributed by atoms with Gasteiger partial charge in [0, 0.05) is 25.4 Å². The van der Waals surface area contributed by atoms with Gasteiger partial charge >= 0.3 is 0 Å². The number of amides is 1. The predicted molar refractivity (Wildman–Crippen MR) is 70.8 cm³/mol. The van der Waals surface area contributed by atoms with Crippen LogP contribution in [0.1, 0.15) is 25.3 Å². The van der Waals surface area contributed by atoms with E-state index in [0.717, 1.165) is 25.0 Å². The molecule has 1 aliphatic rings. The lowest BCUT2D eigenvalue weighted by atomic mass is 9.94. The SMILES string of the molecule is COc1ccc(CNC(=O)[C@@H]2CCCO[C@H]2C)cn1. The molecule has 0 unspecified atom stereocenters. The lowest BCUT2D eigenvalue weighted by molar-refractivity contribution is -0.133. The van der Waals surface area contributed by atoms with Gasteiger partial charge in [0.25, 0.3) is 0 Å². The van der Waals surface area contributed by atoms with E-state index in [2.05, 4.69) is 10.3 Å². The number of methoxy groups -OCH3 is 1. The van der Waals surface area contributed by atoms with Crippen molar-refractivity contribution in [1.82, 2.24) is 10.3 Å². The van der Waals surface area contributed by atoms with Crippen molar-refractivity contribution in [2.45, 2.75) is 32.4 Å². The van der Waals surface area contributed by atoms with E-state index in [1.54, 1.807) is 19.4 Å². The van der Waals surface area contributed by atoms with Crippen LogP contribution in [0.4, 0.5) is 0 Å². The number of carbonyl (C=O) groups is 1. The van der Waals surface area contributed by atoms with Crippen LogP contribution in [0.2, 0.25) is 0 Å². The Balaban J connectivity index is 1.85. The Kier molecular flexibility index (Phi) is 4.74. The Morgan fingerprint density at radius 2 is 2.42 bits per heavy atom. The van der Waals surface area contributed by atoms with Gasteiger partial charge in [0.2, 0.25) is 11.8 Å². The average Bonchev–Trinajstić information content (AvgIpc) is 2.46. The van der Waals surface area contributed by atoms with Crippen molar-refractivity contribution in [2.75, 3.05) is 13.7 Å². The zero-order valence-electron chi connectivity index (χ0n) is 11.4. The number of hydrogen-bond donors (Lipinski definition) is 1. The van der Waals surface area contributed by atoms with E-state index in [1.165, 1.54) is 0 Å². The summed E-state index contributed by atoms with van der Waals surface area (Å²) >= 11 is 0. The largest absolute Gasteiger partial charge is 0.481 e. The highest BCUT2D eigenvalue weighted by Crippen LogP contribution is 2.20. The van der Waals surface area contributed by atoms with Gasteiger partial charge in [-0.15, -0.1) is 0 Å². The maximum absolute atomic E-state index is 12.1. The van der Waals surface area contributed by atoms with Crippen molar-refractivity contribution in [3.05, 3.63) is 23.9 Å². The number of carbonyl (C=O) groups excluding carboxylic acids is 1. The van der Waals surface area contributed by atoms with Gasteiger partial charge in [-0.3, -0.25) is 4.79 Å². The molecule has 1 amide bonds. The Bertz CT molecular complexity index is 419. The van der Waals surface area contributed by atoms with Crippen LogP contribution in [0.5, 0.6) is 5.88 Å². The molecule has 2 rings (SSSR count). The van der Waals surface area contributed by atoms with Crippen molar-refractivity contribution in [1.29, 1.82) is 0 Å². The normalized spacial score (nSPS) is 22.8. The first-order valence-electron chi connectivity index (χ1n) is 6.59. The molecule has 1 aromatic heterocycles. The maximum Gasteiger partial charge on any atom is 0.225 e. The summed E-state index contributed by atoms with van der Waals surface area (Å²) in [7, 11) is 1.58. The second kappa shape index (κ2) is 6.52. The van der Waals surface area contributed by atoms with E-state index >= 15 is 0 Å². The first kappa shape index (κ1) is 13.8. The number of nitrogens with zero attached hydrogens (tertiary/aromatic N) is 1. The molecule has 0 bridgehead atoms. The van der Waals surface area contributed by atoms with Crippen LogP contribution in [0.25, 0.3) is 0 Å². The summed E-state index contributed by atoms with van der Waals surface area (Å²) in [6, 6.07) is 3.68. The minimum Gasteiger partial charge on any atom is -0.481 e. The van der Waals surface area contributed by atoms with E-state index in [0.29, 0.717) is 12.4 Å². The Morgan fingerprint density at radius 3 is 3.05 bits per heavy atom. The van der Waals surface area contributed by atoms with Gasteiger partial charge in [0.05, 0.1) is 19.1 Å². The molecule has 1 saturated heterocycles. The van der Waals surface area contributed by atoms with Crippen molar-refractivity contribution in [2.24, 2.45) is 5.92 Å². The summed E-state index contributed by atoms with van der Waals surface area (Å²) in [5, 5.41) is 2.94. The highest BCUT2D eigenvalue weighted by Gasteiger charge is 2.28. The molecule has 2 atom stereocenters. The van der Waals surface area contributed by atoms with Gasteiger partial charge < -0.3 is 14.8 Å². The molecule has 0 aromatic carbocycles. The number of pyridine rings is 1. The summed E-state index contributed by atoms with van der Waals surface area (Å²) < 4.78 is 10.5. The third-order valence-electron chi connectivity index (χ3n) is 3.42. The summed E-state index contributed by atoms with van der Waals surface area (Å²) in [6.45, 7) is 3.20. The van der Waals surface area contributed by atoms with Gasteiger partial charge in [0.1, 0.15) is 0 Å². The Morgan fingerprint density at radius 1 is 1.58 bits per heavy atom. The van der Waals surface area contributed by atoms with Crippen molar-refractivity contribution in [3.63, 3.8) is 0 Å². The fourth-order valence-corrected chi connectivity index (χ4v) is 2.22. The van der Waals surface area contributed by atoms with Crippen LogP contribution in [0, 0.1) is 5.92 Å². The summed E-state index contributed by atoms with van der Waals surface area (Å²) in [5.41, 5.74) is 0.957. The molecule has 104 valence electrons. The minimum atomic E-state index is -0.0417. The number of ether oxygens (including phenoxy) is 2. The quantitative estimate of drug-likeness (QED) is 0.895. The average molecular weight is 264 g/mol. The minimum absolute atomic E-state index is 0.00254. The van der Waals surface area contributed by atoms with Crippen molar-refractivity contribution < 1.29 is 14.3 Å². The molecule has 19 heavy (non-hydrogen) atoms. The zero-order chi connectivity index (χ0) is 13.7. The van der Waals surface area contributed by atoms with Crippen molar-refractivity contribution in [3.8, 4) is 5.88 Å². The highest BCUT2D eigenvalue weighted by atomic mass is 16.5. The fourth-order valence-electron chi connectivity index (χ4n) is 2.22. The first-order chi connectivity index (χ1) is 9.20. The molecule has 1 N–H and O–H groups in total. The lowest BCUT2D eigenvalue weighted by Crippen LogP contribution is -2.39. The number of hydrogen-bond acceptors (Lipinski definition) is 4. The van der Waals surface area contributed by atoms with Gasteiger partial charge in [-0.05, 0) is 25.3 Å². The second-order valence-electron chi connectivity index (χ2n) is 4.75. The van der Waals surface area contributed by atoms with Crippen LogP contribution in [-0.2, 0) is 16.1 Å². The molecule has 0 spiro atoms. The molecular formula is C14H20N2O3. The summed E-state index contributed by atoms with van der Waals surface area (Å²) in [6.07, 6.45) is 3.56. The van der Waals surface area contributed by atoms with E-state index < -0.39 is 0 Å². The van der Waals surface area contributed by atoms with Crippen molar-refractivity contribution >= 4 is 5.91 Å². The Labute approximate surface area is 113 Å². The predicted octanol–water partition coefficient (Wildman–Crippen LogP) is 1.52. The molecule has 1 aliphatic heterocycles. The molecule has 2 heterocycles. The van der Waals surface area contributed by atoms with Gasteiger partial charge in [-0.2, -0.15) is 0 Å². The van der Waals surface area contributed by atoms with E-state index in [9.17, 15) is 4.79 Å². The van der Waals surface area contributed by atoms with Gasteiger partial charge in [-0.25, -0.2) is 4.98 Å². The molecule has 0 radical (unpaired) electrons. The zero-order valence-corrected chi connectivity index (χ0v) is 11.4. The number of nitrogens with one attached hydrogen (secondary N) is 1. The maximum atomic E-state index is 12.1. The van der Waals surface area contributed by atoms with Crippen LogP contribution in [0.3, 0.4) is 0 Å². The molecule has 1 fully saturated rings. The number of rotatable bonds is 4. The standard InChI is InChI=1S/C14H20N2O3/c1-10-12(4-3-7-19-10)14(17)16-9-11-5-6-13(18-2)15-8-11/h5-6,8,10,12H,3-4,7,9H2,1-2H3,(H,16,17)/t10-,12+/m0/s1. The molecule has 0 aliphatic carbocycles. The summed E-state index contributed by atoms with van der Waals surface area (Å²) in [5.74, 6) is 0.590. The third kappa shape index (κ3) is 3.67. The van der Waals surface area contributed by atoms with Crippen LogP contribution >= 0.6 is 0 Å². The monoisotopic (exact) mass is 264 g/mol. The van der Waals surface area contributed by atoms with Crippen LogP contribution in [0.15, 0.2) is 18.3 Å². The lowest BCUT2D eigenvalue weighted by Gasteiger charge is -2.28. The second-order valence-corrected chi connectivity index (χ2v) is 4.75. The van der Waals surface area contributed by atoms with Gasteiger partial charge in [0.15, 0.2) is 0 Å². The smallest absolute Gasteiger partial charge is 0.225 e. The van der Waals surface area contributed by atoms with E-state index in [1.807, 2.05) is 13.0 Å². The van der Waals surface area contributed by atoms with E-state index in [-0.39, 0.29) is 17.9 Å². The molecule has 1 aromatic rings. The van der Waals surface area contributed by atoms with E-state index in [4.69, 9.17) is 9.47 Å². The Hall–Kier alpha value is -1.62. The third-order valence-corrected chi connectivity index (χ3v) is 3.42. The fraction of sp³-hybridized carbons (Fsp3) is 0.571. The molecule has 5 nitrogen and oxygen atoms in total. The number of aromatic nitrogens is 1. The molecule has 5 heteroatoms. The molecule has 0 saturated carbocycles.